The van der Waals surface area contributed by atoms with Crippen LogP contribution in [-0.2, 0) is 11.3 Å². The average molecular weight is 580 g/mol. The minimum absolute atomic E-state index is 0.0739. The molecule has 2 N–H and O–H groups in total. The van der Waals surface area contributed by atoms with Gasteiger partial charge < -0.3 is 15.3 Å². The van der Waals surface area contributed by atoms with Gasteiger partial charge in [0.1, 0.15) is 5.82 Å². The Morgan fingerprint density at radius 3 is 2.07 bits per heavy atom. The van der Waals surface area contributed by atoms with Crippen LogP contribution in [0.1, 0.15) is 39.4 Å². The number of benzene rings is 4. The molecule has 0 atom stereocenters. The highest BCUT2D eigenvalue weighted by molar-refractivity contribution is 7.14. The maximum atomic E-state index is 13.5. The summed E-state index contributed by atoms with van der Waals surface area (Å²) >= 11 is 1.54. The van der Waals surface area contributed by atoms with E-state index in [0.717, 1.165) is 22.0 Å². The first kappa shape index (κ1) is 28.7. The van der Waals surface area contributed by atoms with Crippen molar-refractivity contribution < 1.29 is 19.1 Å². The summed E-state index contributed by atoms with van der Waals surface area (Å²) in [5.41, 5.74) is 5.48. The summed E-state index contributed by atoms with van der Waals surface area (Å²) in [5, 5.41) is 14.3. The molecule has 0 unspecified atom stereocenters. The monoisotopic (exact) mass is 579 g/mol. The second-order valence-electron chi connectivity index (χ2n) is 9.87. The van der Waals surface area contributed by atoms with Gasteiger partial charge in [0, 0.05) is 42.1 Å². The fraction of sp³-hybridized carbons (Fsp3) is 0.147. The fourth-order valence-corrected chi connectivity index (χ4v) is 5.58. The van der Waals surface area contributed by atoms with Gasteiger partial charge >= 0.3 is 5.97 Å². The molecule has 1 heterocycles. The molecule has 212 valence electrons. The second-order valence-corrected chi connectivity index (χ2v) is 10.7. The molecule has 5 aromatic rings. The molecule has 0 saturated heterocycles. The molecule has 0 aliphatic rings. The van der Waals surface area contributed by atoms with Gasteiger partial charge in [-0.1, -0.05) is 72.8 Å². The summed E-state index contributed by atoms with van der Waals surface area (Å²) in [6, 6.07) is 34.4. The van der Waals surface area contributed by atoms with E-state index in [1.54, 1.807) is 24.3 Å². The normalized spacial score (nSPS) is 10.9. The Bertz CT molecular complexity index is 1570. The minimum Gasteiger partial charge on any atom is -0.481 e. The molecule has 4 aromatic carbocycles. The van der Waals surface area contributed by atoms with Crippen molar-refractivity contribution in [2.45, 2.75) is 18.9 Å². The number of thiazole rings is 1. The number of nitrogens with one attached hydrogen (secondary N) is 1. The maximum absolute atomic E-state index is 13.5. The first-order valence-corrected chi connectivity index (χ1v) is 14.5. The summed E-state index contributed by atoms with van der Waals surface area (Å²) in [4.78, 5) is 30.4. The highest BCUT2D eigenvalue weighted by atomic mass is 32.1. The van der Waals surface area contributed by atoms with Crippen LogP contribution in [0.15, 0.2) is 115 Å². The standard InChI is InChI=1S/C34H30FN3O3S/c35-29-17-15-27(16-18-29)31-23-42-34(37-31)38(21-24-11-13-28(14-12-24)33(41)36-20-19-32(39)40)22-30(25-7-3-1-4-8-25)26-9-5-2-6-10-26/h1-18,23,30H,19-22H2,(H,36,41)(H,39,40). The van der Waals surface area contributed by atoms with E-state index in [2.05, 4.69) is 34.5 Å². The van der Waals surface area contributed by atoms with E-state index in [9.17, 15) is 14.0 Å². The number of carboxylic acids is 1. The quantitative estimate of drug-likeness (QED) is 0.166. The summed E-state index contributed by atoms with van der Waals surface area (Å²) < 4.78 is 13.5. The number of hydrogen-bond donors (Lipinski definition) is 2. The third-order valence-electron chi connectivity index (χ3n) is 6.92. The Balaban J connectivity index is 1.43. The zero-order valence-corrected chi connectivity index (χ0v) is 23.6. The lowest BCUT2D eigenvalue weighted by Gasteiger charge is -2.28. The summed E-state index contributed by atoms with van der Waals surface area (Å²) in [7, 11) is 0. The van der Waals surface area contributed by atoms with Crippen LogP contribution in [0.5, 0.6) is 0 Å². The van der Waals surface area contributed by atoms with Crippen molar-refractivity contribution >= 4 is 28.3 Å². The first-order valence-electron chi connectivity index (χ1n) is 13.6. The molecule has 1 amide bonds. The first-order chi connectivity index (χ1) is 20.5. The summed E-state index contributed by atoms with van der Waals surface area (Å²) in [5.74, 6) is -1.48. The molecule has 0 spiro atoms. The topological polar surface area (TPSA) is 82.5 Å². The third-order valence-corrected chi connectivity index (χ3v) is 7.82. The predicted octanol–water partition coefficient (Wildman–Crippen LogP) is 6.99. The van der Waals surface area contributed by atoms with E-state index in [1.807, 2.05) is 53.9 Å². The van der Waals surface area contributed by atoms with Gasteiger partial charge in [-0.05, 0) is 53.1 Å². The van der Waals surface area contributed by atoms with Gasteiger partial charge in [-0.25, -0.2) is 9.37 Å². The van der Waals surface area contributed by atoms with Gasteiger partial charge in [0.05, 0.1) is 12.1 Å². The number of carboxylic acid groups (broad SMARTS) is 1. The number of carbonyl (C=O) groups excluding carboxylic acids is 1. The minimum atomic E-state index is -0.958. The van der Waals surface area contributed by atoms with E-state index in [4.69, 9.17) is 10.1 Å². The molecule has 6 nitrogen and oxygen atoms in total. The van der Waals surface area contributed by atoms with Gasteiger partial charge in [-0.3, -0.25) is 9.59 Å². The molecule has 5 rings (SSSR count). The average Bonchev–Trinajstić information content (AvgIpc) is 3.51. The number of hydrogen-bond acceptors (Lipinski definition) is 5. The van der Waals surface area contributed by atoms with Crippen molar-refractivity contribution in [2.75, 3.05) is 18.0 Å². The van der Waals surface area contributed by atoms with Gasteiger partial charge in [0.25, 0.3) is 5.91 Å². The highest BCUT2D eigenvalue weighted by Gasteiger charge is 2.21. The number of rotatable bonds is 12. The lowest BCUT2D eigenvalue weighted by Crippen LogP contribution is -2.29. The van der Waals surface area contributed by atoms with Crippen LogP contribution in [0.3, 0.4) is 0 Å². The van der Waals surface area contributed by atoms with E-state index < -0.39 is 5.97 Å². The van der Waals surface area contributed by atoms with Gasteiger partial charge in [-0.2, -0.15) is 0 Å². The number of aliphatic carboxylic acids is 1. The van der Waals surface area contributed by atoms with E-state index >= 15 is 0 Å². The van der Waals surface area contributed by atoms with Crippen molar-refractivity contribution in [3.8, 4) is 11.3 Å². The number of amides is 1. The van der Waals surface area contributed by atoms with Crippen LogP contribution in [0.4, 0.5) is 9.52 Å². The molecule has 0 radical (unpaired) electrons. The van der Waals surface area contributed by atoms with Crippen LogP contribution in [0.25, 0.3) is 11.3 Å². The lowest BCUT2D eigenvalue weighted by atomic mass is 9.91. The molecule has 0 bridgehead atoms. The number of nitrogens with zero attached hydrogens (tertiary/aromatic N) is 2. The van der Waals surface area contributed by atoms with E-state index in [1.165, 1.54) is 34.6 Å². The van der Waals surface area contributed by atoms with Gasteiger partial charge in [0.2, 0.25) is 0 Å². The largest absolute Gasteiger partial charge is 0.481 e. The summed E-state index contributed by atoms with van der Waals surface area (Å²) in [6.07, 6.45) is -0.128. The van der Waals surface area contributed by atoms with Crippen LogP contribution >= 0.6 is 11.3 Å². The Labute approximate surface area is 248 Å². The number of anilines is 1. The molecule has 8 heteroatoms. The van der Waals surface area contributed by atoms with Crippen LogP contribution in [0, 0.1) is 5.82 Å². The molecule has 0 aliphatic heterocycles. The zero-order valence-electron chi connectivity index (χ0n) is 22.8. The smallest absolute Gasteiger partial charge is 0.305 e. The molecule has 42 heavy (non-hydrogen) atoms. The third kappa shape index (κ3) is 7.47. The van der Waals surface area contributed by atoms with Crippen molar-refractivity contribution in [2.24, 2.45) is 0 Å². The predicted molar refractivity (Wildman–Crippen MR) is 164 cm³/mol. The molecule has 0 fully saturated rings. The Hall–Kier alpha value is -4.82. The Morgan fingerprint density at radius 1 is 0.857 bits per heavy atom. The van der Waals surface area contributed by atoms with Crippen molar-refractivity contribution in [1.82, 2.24) is 10.3 Å². The molecule has 0 saturated carbocycles. The lowest BCUT2D eigenvalue weighted by molar-refractivity contribution is -0.136. The number of halogens is 1. The molecule has 1 aromatic heterocycles. The SMILES string of the molecule is O=C(O)CCNC(=O)c1ccc(CN(CC(c2ccccc2)c2ccccc2)c2nc(-c3ccc(F)cc3)cs2)cc1. The van der Waals surface area contributed by atoms with Crippen molar-refractivity contribution in [3.63, 3.8) is 0 Å². The highest BCUT2D eigenvalue weighted by Crippen LogP contribution is 2.33. The molecule has 0 aliphatic carbocycles. The second kappa shape index (κ2) is 13.7. The van der Waals surface area contributed by atoms with E-state index in [0.29, 0.717) is 18.7 Å². The fourth-order valence-electron chi connectivity index (χ4n) is 4.73. The number of carbonyl (C=O) groups is 2. The Morgan fingerprint density at radius 2 is 1.48 bits per heavy atom. The molecular weight excluding hydrogens is 549 g/mol. The van der Waals surface area contributed by atoms with Crippen molar-refractivity contribution in [1.29, 1.82) is 0 Å². The summed E-state index contributed by atoms with van der Waals surface area (Å²) in [6.45, 7) is 1.28. The van der Waals surface area contributed by atoms with Crippen LogP contribution < -0.4 is 10.2 Å². The zero-order chi connectivity index (χ0) is 29.3. The molecular formula is C34H30FN3O3S. The van der Waals surface area contributed by atoms with Gasteiger partial charge in [-0.15, -0.1) is 11.3 Å². The maximum Gasteiger partial charge on any atom is 0.305 e. The van der Waals surface area contributed by atoms with Crippen LogP contribution in [-0.4, -0.2) is 35.1 Å². The Kier molecular flexibility index (Phi) is 9.36. The van der Waals surface area contributed by atoms with E-state index in [-0.39, 0.29) is 30.6 Å². The van der Waals surface area contributed by atoms with Crippen molar-refractivity contribution in [3.05, 3.63) is 143 Å². The van der Waals surface area contributed by atoms with Gasteiger partial charge in [0.15, 0.2) is 5.13 Å². The number of aromatic nitrogens is 1. The van der Waals surface area contributed by atoms with Crippen LogP contribution in [0.2, 0.25) is 0 Å².